The van der Waals surface area contributed by atoms with Gasteiger partial charge in [0.05, 0.1) is 6.54 Å². The molecule has 25 heavy (non-hydrogen) atoms. The van der Waals surface area contributed by atoms with Crippen LogP contribution in [0, 0.1) is 0 Å². The lowest BCUT2D eigenvalue weighted by molar-refractivity contribution is 0.0513. The average Bonchev–Trinajstić information content (AvgIpc) is 2.62. The predicted molar refractivity (Wildman–Crippen MR) is 88.6 cm³/mol. The number of nitrogens with one attached hydrogen (secondary N) is 2. The molecule has 1 aliphatic heterocycles. The highest BCUT2D eigenvalue weighted by Gasteiger charge is 2.27. The lowest BCUT2D eigenvalue weighted by Gasteiger charge is -2.32. The van der Waals surface area contributed by atoms with Crippen LogP contribution in [0.3, 0.4) is 0 Å². The second kappa shape index (κ2) is 7.29. The molecule has 2 N–H and O–H groups in total. The van der Waals surface area contributed by atoms with Crippen molar-refractivity contribution in [2.75, 3.05) is 13.1 Å². The zero-order valence-electron chi connectivity index (χ0n) is 13.8. The minimum absolute atomic E-state index is 0.0937. The fraction of sp³-hybridized carbons (Fsp3) is 0.438. The van der Waals surface area contributed by atoms with E-state index in [0.29, 0.717) is 13.1 Å². The molecule has 1 atom stereocenters. The van der Waals surface area contributed by atoms with Crippen molar-refractivity contribution in [3.8, 4) is 6.01 Å². The lowest BCUT2D eigenvalue weighted by atomic mass is 10.1. The van der Waals surface area contributed by atoms with E-state index in [0.717, 1.165) is 31.0 Å². The van der Waals surface area contributed by atoms with Gasteiger partial charge in [-0.05, 0) is 24.8 Å². The number of hydrogen-bond donors (Lipinski definition) is 2. The summed E-state index contributed by atoms with van der Waals surface area (Å²) in [6, 6.07) is 0.276. The summed E-state index contributed by atoms with van der Waals surface area (Å²) in [7, 11) is 0. The van der Waals surface area contributed by atoms with Crippen molar-refractivity contribution in [3.63, 3.8) is 0 Å². The number of likely N-dealkylation sites (tertiary alicyclic amines) is 1. The van der Waals surface area contributed by atoms with Crippen LogP contribution in [0.2, 0.25) is 0 Å². The van der Waals surface area contributed by atoms with Gasteiger partial charge in [-0.1, -0.05) is 6.92 Å². The Bertz CT molecular complexity index is 858. The molecule has 1 aliphatic rings. The van der Waals surface area contributed by atoms with Crippen LogP contribution in [0.15, 0.2) is 28.2 Å². The molecule has 1 saturated heterocycles. The molecule has 3 heterocycles. The fourth-order valence-electron chi connectivity index (χ4n) is 2.69. The summed E-state index contributed by atoms with van der Waals surface area (Å²) in [5.74, 6) is -0.437. The van der Waals surface area contributed by atoms with Crippen molar-refractivity contribution < 1.29 is 9.53 Å². The smallest absolute Gasteiger partial charge is 0.325 e. The number of aromatic amines is 2. The van der Waals surface area contributed by atoms with E-state index in [-0.39, 0.29) is 17.7 Å². The number of aryl methyl sites for hydroxylation is 1. The second-order valence-corrected chi connectivity index (χ2v) is 5.85. The molecule has 3 rings (SSSR count). The molecule has 2 aromatic rings. The first-order valence-electron chi connectivity index (χ1n) is 8.15. The van der Waals surface area contributed by atoms with Crippen LogP contribution >= 0.6 is 0 Å². The molecule has 1 fully saturated rings. The first kappa shape index (κ1) is 16.9. The largest absolute Gasteiger partial charge is 0.458 e. The van der Waals surface area contributed by atoms with Gasteiger partial charge in [0.25, 0.3) is 11.5 Å². The van der Waals surface area contributed by atoms with Gasteiger partial charge < -0.3 is 14.6 Å². The van der Waals surface area contributed by atoms with Gasteiger partial charge in [-0.3, -0.25) is 14.6 Å². The van der Waals surface area contributed by atoms with Crippen molar-refractivity contribution in [1.29, 1.82) is 0 Å². The van der Waals surface area contributed by atoms with Crippen LogP contribution in [0.5, 0.6) is 6.01 Å². The highest BCUT2D eigenvalue weighted by atomic mass is 16.5. The van der Waals surface area contributed by atoms with Crippen LogP contribution in [0.25, 0.3) is 0 Å². The van der Waals surface area contributed by atoms with E-state index in [2.05, 4.69) is 19.9 Å². The quantitative estimate of drug-likeness (QED) is 0.810. The number of piperidine rings is 1. The molecule has 9 heteroatoms. The highest BCUT2D eigenvalue weighted by molar-refractivity contribution is 5.93. The third-order valence-electron chi connectivity index (χ3n) is 4.08. The summed E-state index contributed by atoms with van der Waals surface area (Å²) in [6.45, 7) is 2.87. The first-order valence-corrected chi connectivity index (χ1v) is 8.15. The van der Waals surface area contributed by atoms with Crippen molar-refractivity contribution >= 4 is 5.91 Å². The number of hydrogen-bond acceptors (Lipinski definition) is 6. The molecule has 0 spiro atoms. The topological polar surface area (TPSA) is 121 Å². The summed E-state index contributed by atoms with van der Waals surface area (Å²) < 4.78 is 5.76. The normalized spacial score (nSPS) is 17.3. The summed E-state index contributed by atoms with van der Waals surface area (Å²) in [4.78, 5) is 49.6. The molecule has 9 nitrogen and oxygen atoms in total. The van der Waals surface area contributed by atoms with E-state index < -0.39 is 17.2 Å². The molecule has 1 unspecified atom stereocenters. The average molecular weight is 345 g/mol. The van der Waals surface area contributed by atoms with E-state index in [1.807, 2.05) is 6.92 Å². The Hall–Kier alpha value is -2.97. The number of amides is 1. The lowest BCUT2D eigenvalue weighted by Crippen LogP contribution is -2.46. The van der Waals surface area contributed by atoms with Crippen LogP contribution < -0.4 is 16.0 Å². The number of ether oxygens (including phenoxy) is 1. The standard InChI is InChI=1S/C16H19N5O4/c1-2-10-6-18-16(19-7-10)25-11-4-3-5-21(9-11)14(23)12-8-17-15(24)20-13(12)22/h6-8,11H,2-5,9H2,1H3,(H2,17,20,22,24). The number of aromatic nitrogens is 4. The van der Waals surface area contributed by atoms with E-state index in [4.69, 9.17) is 4.74 Å². The summed E-state index contributed by atoms with van der Waals surface area (Å²) >= 11 is 0. The maximum absolute atomic E-state index is 12.5. The number of nitrogens with zero attached hydrogens (tertiary/aromatic N) is 3. The Labute approximate surface area is 143 Å². The van der Waals surface area contributed by atoms with Gasteiger partial charge in [0.2, 0.25) is 0 Å². The van der Waals surface area contributed by atoms with Crippen molar-refractivity contribution in [2.24, 2.45) is 0 Å². The molecule has 0 aliphatic carbocycles. The number of carbonyl (C=O) groups excluding carboxylic acids is 1. The van der Waals surface area contributed by atoms with Crippen molar-refractivity contribution in [3.05, 3.63) is 50.6 Å². The zero-order valence-corrected chi connectivity index (χ0v) is 13.8. The van der Waals surface area contributed by atoms with Gasteiger partial charge in [0.1, 0.15) is 11.7 Å². The van der Waals surface area contributed by atoms with E-state index in [1.165, 1.54) is 4.90 Å². The van der Waals surface area contributed by atoms with Gasteiger partial charge in [0.15, 0.2) is 0 Å². The first-order chi connectivity index (χ1) is 12.1. The maximum atomic E-state index is 12.5. The Morgan fingerprint density at radius 3 is 2.80 bits per heavy atom. The Morgan fingerprint density at radius 2 is 2.12 bits per heavy atom. The highest BCUT2D eigenvalue weighted by Crippen LogP contribution is 2.16. The predicted octanol–water partition coefficient (Wildman–Crippen LogP) is 0.0992. The molecule has 2 aromatic heterocycles. The van der Waals surface area contributed by atoms with Crippen LogP contribution in [-0.2, 0) is 6.42 Å². The third kappa shape index (κ3) is 3.93. The van der Waals surface area contributed by atoms with Crippen molar-refractivity contribution in [1.82, 2.24) is 24.8 Å². The molecule has 132 valence electrons. The van der Waals surface area contributed by atoms with Gasteiger partial charge in [-0.2, -0.15) is 0 Å². The van der Waals surface area contributed by atoms with Gasteiger partial charge in [-0.15, -0.1) is 0 Å². The fourth-order valence-corrected chi connectivity index (χ4v) is 2.69. The van der Waals surface area contributed by atoms with Crippen LogP contribution in [-0.4, -0.2) is 49.9 Å². The molecule has 0 radical (unpaired) electrons. The summed E-state index contributed by atoms with van der Waals surface area (Å²) in [5, 5.41) is 0. The van der Waals surface area contributed by atoms with Crippen LogP contribution in [0.1, 0.15) is 35.7 Å². The number of carbonyl (C=O) groups is 1. The summed E-state index contributed by atoms with van der Waals surface area (Å²) in [5.41, 5.74) is -0.418. The van der Waals surface area contributed by atoms with Gasteiger partial charge in [0, 0.05) is 25.1 Å². The minimum atomic E-state index is -0.699. The Morgan fingerprint density at radius 1 is 1.36 bits per heavy atom. The van der Waals surface area contributed by atoms with Crippen LogP contribution in [0.4, 0.5) is 0 Å². The molecule has 0 saturated carbocycles. The van der Waals surface area contributed by atoms with Crippen molar-refractivity contribution in [2.45, 2.75) is 32.3 Å². The molecular formula is C16H19N5O4. The molecule has 0 aromatic carbocycles. The molecule has 0 bridgehead atoms. The van der Waals surface area contributed by atoms with E-state index in [9.17, 15) is 14.4 Å². The SMILES string of the molecule is CCc1cnc(OC2CCCN(C(=O)c3c[nH]c(=O)[nH]c3=O)C2)nc1. The van der Waals surface area contributed by atoms with E-state index >= 15 is 0 Å². The zero-order chi connectivity index (χ0) is 17.8. The molecule has 1 amide bonds. The maximum Gasteiger partial charge on any atom is 0.325 e. The van der Waals surface area contributed by atoms with E-state index in [1.54, 1.807) is 12.4 Å². The Balaban J connectivity index is 1.68. The molecular weight excluding hydrogens is 326 g/mol. The summed E-state index contributed by atoms with van der Waals surface area (Å²) in [6.07, 6.45) is 6.68. The number of H-pyrrole nitrogens is 2. The van der Waals surface area contributed by atoms with Gasteiger partial charge in [-0.25, -0.2) is 14.8 Å². The van der Waals surface area contributed by atoms with Gasteiger partial charge >= 0.3 is 11.7 Å². The monoisotopic (exact) mass is 345 g/mol. The minimum Gasteiger partial charge on any atom is -0.458 e. The second-order valence-electron chi connectivity index (χ2n) is 5.85. The number of rotatable bonds is 4. The third-order valence-corrected chi connectivity index (χ3v) is 4.08. The Kier molecular flexibility index (Phi) is 4.92.